The Labute approximate surface area is 145 Å². The predicted molar refractivity (Wildman–Crippen MR) is 86.7 cm³/mol. The highest BCUT2D eigenvalue weighted by atomic mass is 35.5. The maximum atomic E-state index is 12.2. The minimum absolute atomic E-state index is 0.00259. The average Bonchev–Trinajstić information content (AvgIpc) is 3.24. The molecule has 0 bridgehead atoms. The van der Waals surface area contributed by atoms with E-state index in [-0.39, 0.29) is 34.7 Å². The number of carbonyl (C=O) groups excluding carboxylic acids is 1. The van der Waals surface area contributed by atoms with Gasteiger partial charge in [-0.1, -0.05) is 11.6 Å². The molecule has 10 heteroatoms. The molecule has 0 saturated carbocycles. The molecule has 9 nitrogen and oxygen atoms in total. The van der Waals surface area contributed by atoms with Crippen molar-refractivity contribution in [3.05, 3.63) is 57.8 Å². The van der Waals surface area contributed by atoms with Crippen molar-refractivity contribution in [3.63, 3.8) is 0 Å². The number of hydrogen-bond acceptors (Lipinski definition) is 7. The Balaban J connectivity index is 2.23. The van der Waals surface area contributed by atoms with E-state index in [2.05, 4.69) is 10.1 Å². The number of nitro benzene ring substituents is 1. The molecule has 0 unspecified atom stereocenters. The largest absolute Gasteiger partial charge is 0.472 e. The standard InChI is InChI=1S/C15H11ClN4O5/c1-2-25-15(21)14-17-13(9-5-6-24-8-9)18-19(14)12-7-10(16)3-4-11(12)20(22)23/h3-8H,2H2,1H3. The van der Waals surface area contributed by atoms with Crippen LogP contribution < -0.4 is 0 Å². The molecule has 0 atom stereocenters. The Morgan fingerprint density at radius 2 is 2.24 bits per heavy atom. The summed E-state index contributed by atoms with van der Waals surface area (Å²) in [5.74, 6) is -0.812. The maximum absolute atomic E-state index is 12.2. The summed E-state index contributed by atoms with van der Waals surface area (Å²) in [5, 5.41) is 15.8. The van der Waals surface area contributed by atoms with Crippen LogP contribution in [0.3, 0.4) is 0 Å². The van der Waals surface area contributed by atoms with Gasteiger partial charge >= 0.3 is 5.97 Å². The van der Waals surface area contributed by atoms with Crippen LogP contribution in [0.5, 0.6) is 0 Å². The molecule has 0 aliphatic rings. The number of furan rings is 1. The molecule has 0 fully saturated rings. The molecular weight excluding hydrogens is 352 g/mol. The van der Waals surface area contributed by atoms with Crippen molar-refractivity contribution in [3.8, 4) is 17.1 Å². The zero-order chi connectivity index (χ0) is 18.0. The van der Waals surface area contributed by atoms with Crippen molar-refractivity contribution in [2.45, 2.75) is 6.92 Å². The first-order valence-electron chi connectivity index (χ1n) is 7.12. The van der Waals surface area contributed by atoms with Crippen LogP contribution >= 0.6 is 11.6 Å². The molecule has 2 aromatic heterocycles. The molecular formula is C15H11ClN4O5. The summed E-state index contributed by atoms with van der Waals surface area (Å²) in [6.07, 6.45) is 2.81. The zero-order valence-corrected chi connectivity index (χ0v) is 13.6. The van der Waals surface area contributed by atoms with Crippen molar-refractivity contribution in [1.82, 2.24) is 14.8 Å². The van der Waals surface area contributed by atoms with Crippen LogP contribution in [0, 0.1) is 10.1 Å². The fourth-order valence-corrected chi connectivity index (χ4v) is 2.31. The number of nitro groups is 1. The third-order valence-corrected chi connectivity index (χ3v) is 3.44. The Kier molecular flexibility index (Phi) is 4.48. The van der Waals surface area contributed by atoms with Gasteiger partial charge in [-0.2, -0.15) is 4.68 Å². The molecule has 3 aromatic rings. The van der Waals surface area contributed by atoms with Gasteiger partial charge in [-0.25, -0.2) is 9.78 Å². The van der Waals surface area contributed by atoms with E-state index in [4.69, 9.17) is 20.8 Å². The molecule has 0 aliphatic carbocycles. The lowest BCUT2D eigenvalue weighted by atomic mass is 10.2. The lowest BCUT2D eigenvalue weighted by Crippen LogP contribution is -2.14. The third kappa shape index (κ3) is 3.22. The maximum Gasteiger partial charge on any atom is 0.376 e. The molecule has 25 heavy (non-hydrogen) atoms. The van der Waals surface area contributed by atoms with Gasteiger partial charge in [0.25, 0.3) is 5.69 Å². The second-order valence-electron chi connectivity index (χ2n) is 4.79. The van der Waals surface area contributed by atoms with Crippen LogP contribution in [-0.2, 0) is 4.74 Å². The Bertz CT molecular complexity index is 936. The Morgan fingerprint density at radius 3 is 2.88 bits per heavy atom. The van der Waals surface area contributed by atoms with Crippen LogP contribution in [0.2, 0.25) is 5.02 Å². The van der Waals surface area contributed by atoms with Crippen LogP contribution in [0.25, 0.3) is 17.1 Å². The first-order chi connectivity index (χ1) is 12.0. The van der Waals surface area contributed by atoms with Gasteiger partial charge in [-0.15, -0.1) is 5.10 Å². The highest BCUT2D eigenvalue weighted by molar-refractivity contribution is 6.30. The van der Waals surface area contributed by atoms with E-state index < -0.39 is 10.9 Å². The Hall–Kier alpha value is -3.20. The van der Waals surface area contributed by atoms with Crippen molar-refractivity contribution in [2.24, 2.45) is 0 Å². The molecule has 3 rings (SSSR count). The number of halogens is 1. The summed E-state index contributed by atoms with van der Waals surface area (Å²) < 4.78 is 11.0. The predicted octanol–water partition coefficient (Wildman–Crippen LogP) is 3.27. The van der Waals surface area contributed by atoms with Gasteiger partial charge < -0.3 is 9.15 Å². The van der Waals surface area contributed by atoms with E-state index in [0.717, 1.165) is 4.68 Å². The summed E-state index contributed by atoms with van der Waals surface area (Å²) in [7, 11) is 0. The van der Waals surface area contributed by atoms with Crippen LogP contribution in [0.15, 0.2) is 41.2 Å². The summed E-state index contributed by atoms with van der Waals surface area (Å²) >= 11 is 5.96. The fourth-order valence-electron chi connectivity index (χ4n) is 2.14. The smallest absolute Gasteiger partial charge is 0.376 e. The lowest BCUT2D eigenvalue weighted by molar-refractivity contribution is -0.384. The minimum atomic E-state index is -0.765. The summed E-state index contributed by atoms with van der Waals surface area (Å²) in [4.78, 5) is 27.1. The second kappa shape index (κ2) is 6.73. The van der Waals surface area contributed by atoms with Crippen LogP contribution in [-0.4, -0.2) is 32.3 Å². The van der Waals surface area contributed by atoms with Gasteiger partial charge in [-0.05, 0) is 25.1 Å². The van der Waals surface area contributed by atoms with E-state index in [1.54, 1.807) is 13.0 Å². The number of aromatic nitrogens is 3. The average molecular weight is 363 g/mol. The lowest BCUT2D eigenvalue weighted by Gasteiger charge is -2.06. The van der Waals surface area contributed by atoms with Crippen molar-refractivity contribution in [2.75, 3.05) is 6.61 Å². The number of hydrogen-bond donors (Lipinski definition) is 0. The van der Waals surface area contributed by atoms with E-state index in [9.17, 15) is 14.9 Å². The molecule has 0 spiro atoms. The summed E-state index contributed by atoms with van der Waals surface area (Å²) in [5.41, 5.74) is 0.232. The second-order valence-corrected chi connectivity index (χ2v) is 5.23. The van der Waals surface area contributed by atoms with E-state index in [1.165, 1.54) is 30.7 Å². The fraction of sp³-hybridized carbons (Fsp3) is 0.133. The molecule has 1 aromatic carbocycles. The highest BCUT2D eigenvalue weighted by Gasteiger charge is 2.26. The monoisotopic (exact) mass is 362 g/mol. The number of carbonyl (C=O) groups is 1. The van der Waals surface area contributed by atoms with Gasteiger partial charge in [0.2, 0.25) is 5.82 Å². The molecule has 128 valence electrons. The Morgan fingerprint density at radius 1 is 1.44 bits per heavy atom. The molecule has 0 saturated heterocycles. The topological polar surface area (TPSA) is 113 Å². The SMILES string of the molecule is CCOC(=O)c1nc(-c2ccoc2)nn1-c1cc(Cl)ccc1[N+](=O)[O-]. The van der Waals surface area contributed by atoms with Gasteiger partial charge in [0, 0.05) is 11.1 Å². The van der Waals surface area contributed by atoms with E-state index in [0.29, 0.717) is 5.56 Å². The van der Waals surface area contributed by atoms with E-state index >= 15 is 0 Å². The molecule has 2 heterocycles. The number of esters is 1. The number of ether oxygens (including phenoxy) is 1. The van der Waals surface area contributed by atoms with Crippen molar-refractivity contribution in [1.29, 1.82) is 0 Å². The van der Waals surface area contributed by atoms with E-state index in [1.807, 2.05) is 0 Å². The summed E-state index contributed by atoms with van der Waals surface area (Å²) in [6, 6.07) is 5.53. The van der Waals surface area contributed by atoms with Gasteiger partial charge in [-0.3, -0.25) is 10.1 Å². The highest BCUT2D eigenvalue weighted by Crippen LogP contribution is 2.28. The molecule has 0 amide bonds. The quantitative estimate of drug-likeness (QED) is 0.388. The van der Waals surface area contributed by atoms with Gasteiger partial charge in [0.1, 0.15) is 12.0 Å². The van der Waals surface area contributed by atoms with Crippen LogP contribution in [0.1, 0.15) is 17.5 Å². The minimum Gasteiger partial charge on any atom is -0.472 e. The first kappa shape index (κ1) is 16.7. The van der Waals surface area contributed by atoms with Gasteiger partial charge in [0.15, 0.2) is 5.82 Å². The third-order valence-electron chi connectivity index (χ3n) is 3.21. The van der Waals surface area contributed by atoms with Crippen molar-refractivity contribution < 1.29 is 18.9 Å². The molecule has 0 radical (unpaired) electrons. The van der Waals surface area contributed by atoms with Crippen molar-refractivity contribution >= 4 is 23.3 Å². The molecule has 0 N–H and O–H groups in total. The molecule has 0 aliphatic heterocycles. The first-order valence-corrected chi connectivity index (χ1v) is 7.50. The number of nitrogens with zero attached hydrogens (tertiary/aromatic N) is 4. The zero-order valence-electron chi connectivity index (χ0n) is 12.9. The number of rotatable bonds is 5. The van der Waals surface area contributed by atoms with Crippen LogP contribution in [0.4, 0.5) is 5.69 Å². The number of benzene rings is 1. The summed E-state index contributed by atoms with van der Waals surface area (Å²) in [6.45, 7) is 1.75. The normalized spacial score (nSPS) is 10.6. The van der Waals surface area contributed by atoms with Gasteiger partial charge in [0.05, 0.1) is 23.4 Å².